The van der Waals surface area contributed by atoms with Crippen molar-refractivity contribution in [1.82, 2.24) is 15.1 Å². The van der Waals surface area contributed by atoms with E-state index in [0.717, 1.165) is 74.2 Å². The molecule has 1 atom stereocenters. The highest BCUT2D eigenvalue weighted by molar-refractivity contribution is 9.10. The lowest BCUT2D eigenvalue weighted by Crippen LogP contribution is -2.50. The van der Waals surface area contributed by atoms with Crippen molar-refractivity contribution in [3.63, 3.8) is 0 Å². The number of rotatable bonds is 4. The Balaban J connectivity index is 1.38. The number of piperidine rings is 1. The van der Waals surface area contributed by atoms with Crippen molar-refractivity contribution in [3.05, 3.63) is 34.3 Å². The number of nitrogens with zero attached hydrogens (tertiary/aromatic N) is 3. The van der Waals surface area contributed by atoms with Gasteiger partial charge in [-0.05, 0) is 63.2 Å². The van der Waals surface area contributed by atoms with Gasteiger partial charge in [-0.2, -0.15) is 0 Å². The summed E-state index contributed by atoms with van der Waals surface area (Å²) in [5.41, 5.74) is 0.372. The quantitative estimate of drug-likeness (QED) is 0.753. The fraction of sp³-hybridized carbons (Fsp3) is 0.591. The Hall–Kier alpha value is -1.73. The molecule has 5 rings (SSSR count). The topological polar surface area (TPSA) is 65.0 Å². The molecule has 0 aromatic heterocycles. The molecule has 1 aliphatic carbocycles. The second kappa shape index (κ2) is 7.51. The maximum Gasteiger partial charge on any atom is 0.256 e. The van der Waals surface area contributed by atoms with Crippen molar-refractivity contribution in [3.8, 4) is 0 Å². The second-order valence-electron chi connectivity index (χ2n) is 8.85. The van der Waals surface area contributed by atoms with Crippen LogP contribution in [0.1, 0.15) is 37.7 Å². The van der Waals surface area contributed by atoms with E-state index in [1.165, 1.54) is 0 Å². The number of hydrogen-bond donors (Lipinski definition) is 1. The zero-order valence-electron chi connectivity index (χ0n) is 16.6. The number of likely N-dealkylation sites (tertiary alicyclic amines) is 1. The number of hydrogen-bond acceptors (Lipinski definition) is 4. The first-order valence-corrected chi connectivity index (χ1v) is 11.5. The molecule has 1 N–H and O–H groups in total. The maximum absolute atomic E-state index is 13.5. The van der Waals surface area contributed by atoms with Crippen LogP contribution in [0.2, 0.25) is 0 Å². The van der Waals surface area contributed by atoms with Crippen molar-refractivity contribution in [1.29, 1.82) is 0 Å². The van der Waals surface area contributed by atoms with Crippen LogP contribution in [0.3, 0.4) is 0 Å². The first kappa shape index (κ1) is 19.2. The number of halogens is 1. The normalized spacial score (nSPS) is 26.3. The highest BCUT2D eigenvalue weighted by atomic mass is 79.9. The average molecular weight is 459 g/mol. The summed E-state index contributed by atoms with van der Waals surface area (Å²) < 4.78 is 1.01. The van der Waals surface area contributed by atoms with Crippen molar-refractivity contribution < 1.29 is 9.59 Å². The van der Waals surface area contributed by atoms with Crippen LogP contribution < -0.4 is 5.32 Å². The third kappa shape index (κ3) is 3.63. The molecule has 2 amide bonds. The largest absolute Gasteiger partial charge is 0.342 e. The number of benzene rings is 1. The molecule has 3 fully saturated rings. The summed E-state index contributed by atoms with van der Waals surface area (Å²) in [6, 6.07) is 8.06. The van der Waals surface area contributed by atoms with Crippen molar-refractivity contribution >= 4 is 33.6 Å². The molecule has 6 nitrogen and oxygen atoms in total. The Morgan fingerprint density at radius 3 is 2.59 bits per heavy atom. The van der Waals surface area contributed by atoms with Gasteiger partial charge in [0.2, 0.25) is 5.91 Å². The second-order valence-corrected chi connectivity index (χ2v) is 9.77. The molecule has 7 heteroatoms. The summed E-state index contributed by atoms with van der Waals surface area (Å²) in [6.07, 6.45) is 4.55. The first-order chi connectivity index (χ1) is 14.1. The minimum Gasteiger partial charge on any atom is -0.342 e. The predicted molar refractivity (Wildman–Crippen MR) is 115 cm³/mol. The van der Waals surface area contributed by atoms with E-state index in [9.17, 15) is 9.59 Å². The van der Waals surface area contributed by atoms with Crippen LogP contribution in [0.15, 0.2) is 33.7 Å². The number of carbonyl (C=O) groups is 2. The zero-order chi connectivity index (χ0) is 20.0. The molecule has 3 aliphatic heterocycles. The summed E-state index contributed by atoms with van der Waals surface area (Å²) in [5.74, 6) is 1.84. The highest BCUT2D eigenvalue weighted by Gasteiger charge is 2.49. The molecular formula is C22H27BrN4O2. The molecule has 1 unspecified atom stereocenters. The molecule has 0 radical (unpaired) electrons. The number of carbonyl (C=O) groups excluding carboxylic acids is 2. The number of amidine groups is 1. The zero-order valence-corrected chi connectivity index (χ0v) is 18.2. The van der Waals surface area contributed by atoms with E-state index in [1.54, 1.807) is 0 Å². The number of amides is 2. The Bertz CT molecular complexity index is 843. The Morgan fingerprint density at radius 1 is 1.17 bits per heavy atom. The van der Waals surface area contributed by atoms with E-state index < -0.39 is 5.54 Å². The summed E-state index contributed by atoms with van der Waals surface area (Å²) in [7, 11) is 0. The van der Waals surface area contributed by atoms with Gasteiger partial charge in [0.15, 0.2) is 0 Å². The van der Waals surface area contributed by atoms with Gasteiger partial charge in [0.25, 0.3) is 5.91 Å². The van der Waals surface area contributed by atoms with Crippen molar-refractivity contribution in [2.24, 2.45) is 16.8 Å². The third-order valence-corrected chi connectivity index (χ3v) is 7.25. The summed E-state index contributed by atoms with van der Waals surface area (Å²) in [5, 5.41) is 3.35. The molecule has 3 heterocycles. The van der Waals surface area contributed by atoms with Crippen LogP contribution in [-0.2, 0) is 9.59 Å². The van der Waals surface area contributed by atoms with Crippen LogP contribution >= 0.6 is 15.9 Å². The van der Waals surface area contributed by atoms with Gasteiger partial charge in [-0.15, -0.1) is 0 Å². The lowest BCUT2D eigenvalue weighted by Gasteiger charge is -2.31. The van der Waals surface area contributed by atoms with Gasteiger partial charge in [-0.25, -0.2) is 0 Å². The maximum atomic E-state index is 13.5. The summed E-state index contributed by atoms with van der Waals surface area (Å²) in [6.45, 7) is 3.88. The van der Waals surface area contributed by atoms with Gasteiger partial charge in [0.05, 0.1) is 0 Å². The molecule has 4 aliphatic rings. The Morgan fingerprint density at radius 2 is 1.90 bits per heavy atom. The standard InChI is InChI=1S/C22H27BrN4O2/c23-18-5-3-16(4-6-18)19-25-22(8-10-24-11-9-22)21(29)27(19)14-15-7-12-26(13-15)20(28)17-1-2-17/h3-6,15,17,24H,1-2,7-14H2. The van der Waals surface area contributed by atoms with E-state index in [-0.39, 0.29) is 11.8 Å². The van der Waals surface area contributed by atoms with Gasteiger partial charge in [0, 0.05) is 35.6 Å². The SMILES string of the molecule is O=C(C1CC1)N1CCC(CN2C(=O)C3(CCNCC3)N=C2c2ccc(Br)cc2)C1. The van der Waals surface area contributed by atoms with Gasteiger partial charge in [-0.1, -0.05) is 28.1 Å². The molecular weight excluding hydrogens is 432 g/mol. The van der Waals surface area contributed by atoms with E-state index in [1.807, 2.05) is 34.1 Å². The lowest BCUT2D eigenvalue weighted by molar-refractivity contribution is -0.132. The van der Waals surface area contributed by atoms with Crippen LogP contribution in [0.5, 0.6) is 0 Å². The lowest BCUT2D eigenvalue weighted by atomic mass is 9.88. The van der Waals surface area contributed by atoms with Crippen LogP contribution in [0.25, 0.3) is 0 Å². The first-order valence-electron chi connectivity index (χ1n) is 10.7. The van der Waals surface area contributed by atoms with Crippen molar-refractivity contribution in [2.75, 3.05) is 32.7 Å². The van der Waals surface area contributed by atoms with Gasteiger partial charge in [0.1, 0.15) is 11.4 Å². The average Bonchev–Trinajstić information content (AvgIpc) is 3.43. The van der Waals surface area contributed by atoms with Crippen molar-refractivity contribution in [2.45, 2.75) is 37.6 Å². The van der Waals surface area contributed by atoms with E-state index >= 15 is 0 Å². The number of nitrogens with one attached hydrogen (secondary N) is 1. The van der Waals surface area contributed by atoms with Crippen LogP contribution in [0, 0.1) is 11.8 Å². The molecule has 0 bridgehead atoms. The predicted octanol–water partition coefficient (Wildman–Crippen LogP) is 2.42. The minimum atomic E-state index is -0.615. The van der Waals surface area contributed by atoms with Crippen LogP contribution in [-0.4, -0.2) is 65.7 Å². The molecule has 1 spiro atoms. The smallest absolute Gasteiger partial charge is 0.256 e. The van der Waals surface area contributed by atoms with Gasteiger partial charge >= 0.3 is 0 Å². The monoisotopic (exact) mass is 458 g/mol. The van der Waals surface area contributed by atoms with E-state index in [4.69, 9.17) is 4.99 Å². The molecule has 2 saturated heterocycles. The van der Waals surface area contributed by atoms with Gasteiger partial charge in [-0.3, -0.25) is 19.5 Å². The molecule has 1 aromatic carbocycles. The minimum absolute atomic E-state index is 0.142. The number of aliphatic imine (C=N–C) groups is 1. The molecule has 29 heavy (non-hydrogen) atoms. The van der Waals surface area contributed by atoms with E-state index in [2.05, 4.69) is 21.2 Å². The van der Waals surface area contributed by atoms with Gasteiger partial charge < -0.3 is 10.2 Å². The molecule has 154 valence electrons. The Labute approximate surface area is 179 Å². The summed E-state index contributed by atoms with van der Waals surface area (Å²) >= 11 is 3.49. The third-order valence-electron chi connectivity index (χ3n) is 6.72. The molecule has 1 saturated carbocycles. The molecule has 1 aromatic rings. The Kier molecular flexibility index (Phi) is 4.98. The highest BCUT2D eigenvalue weighted by Crippen LogP contribution is 2.36. The fourth-order valence-electron chi connectivity index (χ4n) is 4.84. The van der Waals surface area contributed by atoms with Crippen LogP contribution in [0.4, 0.5) is 0 Å². The summed E-state index contributed by atoms with van der Waals surface area (Å²) in [4.78, 5) is 34.9. The fourth-order valence-corrected chi connectivity index (χ4v) is 5.11. The van der Waals surface area contributed by atoms with E-state index in [0.29, 0.717) is 18.4 Å².